The van der Waals surface area contributed by atoms with Crippen molar-refractivity contribution in [2.24, 2.45) is 0 Å². The van der Waals surface area contributed by atoms with Crippen LogP contribution in [0.1, 0.15) is 18.4 Å². The molecule has 0 aliphatic carbocycles. The molecule has 0 aliphatic rings. The van der Waals surface area contributed by atoms with E-state index in [2.05, 4.69) is 0 Å². The molecule has 0 atom stereocenters. The molecule has 1 aromatic rings. The van der Waals surface area contributed by atoms with Crippen LogP contribution in [-0.2, 0) is 11.3 Å². The van der Waals surface area contributed by atoms with Crippen LogP contribution < -0.4 is 0 Å². The summed E-state index contributed by atoms with van der Waals surface area (Å²) >= 11 is 11.8. The smallest absolute Gasteiger partial charge is 0.303 e. The van der Waals surface area contributed by atoms with Gasteiger partial charge >= 0.3 is 5.97 Å². The van der Waals surface area contributed by atoms with Crippen LogP contribution in [0.15, 0.2) is 18.2 Å². The van der Waals surface area contributed by atoms with Crippen molar-refractivity contribution in [2.45, 2.75) is 19.4 Å². The van der Waals surface area contributed by atoms with Crippen LogP contribution in [0.3, 0.4) is 0 Å². The lowest BCUT2D eigenvalue weighted by atomic mass is 10.2. The maximum Gasteiger partial charge on any atom is 0.303 e. The van der Waals surface area contributed by atoms with Gasteiger partial charge in [0.15, 0.2) is 0 Å². The standard InChI is InChI=1S/C12H15Cl2NO2/c1-15(4-2-3-12(16)17)8-9-5-10(13)7-11(14)6-9/h5-7H,2-4,8H2,1H3,(H,16,17). The molecule has 17 heavy (non-hydrogen) atoms. The molecule has 0 aliphatic heterocycles. The second-order valence-electron chi connectivity index (χ2n) is 4.01. The van der Waals surface area contributed by atoms with Gasteiger partial charge in [-0.2, -0.15) is 0 Å². The Morgan fingerprint density at radius 1 is 1.29 bits per heavy atom. The highest BCUT2D eigenvalue weighted by atomic mass is 35.5. The quantitative estimate of drug-likeness (QED) is 0.866. The van der Waals surface area contributed by atoms with E-state index >= 15 is 0 Å². The predicted molar refractivity (Wildman–Crippen MR) is 69.7 cm³/mol. The van der Waals surface area contributed by atoms with Crippen LogP contribution in [0.2, 0.25) is 10.0 Å². The van der Waals surface area contributed by atoms with Crippen molar-refractivity contribution in [3.8, 4) is 0 Å². The molecule has 1 aromatic carbocycles. The first-order chi connectivity index (χ1) is 7.97. The van der Waals surface area contributed by atoms with Crippen LogP contribution in [0, 0.1) is 0 Å². The molecule has 0 fully saturated rings. The van der Waals surface area contributed by atoms with Gasteiger partial charge in [-0.15, -0.1) is 0 Å². The fourth-order valence-corrected chi connectivity index (χ4v) is 2.16. The first kappa shape index (κ1) is 14.3. The van der Waals surface area contributed by atoms with Gasteiger partial charge in [-0.25, -0.2) is 0 Å². The third-order valence-corrected chi connectivity index (χ3v) is 2.74. The topological polar surface area (TPSA) is 40.5 Å². The lowest BCUT2D eigenvalue weighted by molar-refractivity contribution is -0.137. The highest BCUT2D eigenvalue weighted by molar-refractivity contribution is 6.34. The van der Waals surface area contributed by atoms with Gasteiger partial charge in [0, 0.05) is 23.0 Å². The Labute approximate surface area is 111 Å². The highest BCUT2D eigenvalue weighted by Gasteiger charge is 2.04. The predicted octanol–water partition coefficient (Wildman–Crippen LogP) is 3.29. The molecule has 0 heterocycles. The molecule has 5 heteroatoms. The fraction of sp³-hybridized carbons (Fsp3) is 0.417. The fourth-order valence-electron chi connectivity index (χ4n) is 1.59. The van der Waals surface area contributed by atoms with E-state index in [-0.39, 0.29) is 6.42 Å². The zero-order valence-electron chi connectivity index (χ0n) is 9.62. The molecule has 94 valence electrons. The molecular formula is C12H15Cl2NO2. The third kappa shape index (κ3) is 5.91. The molecule has 1 N–H and O–H groups in total. The minimum atomic E-state index is -0.760. The van der Waals surface area contributed by atoms with Crippen LogP contribution in [0.5, 0.6) is 0 Å². The number of benzene rings is 1. The maximum atomic E-state index is 10.4. The number of hydrogen-bond donors (Lipinski definition) is 1. The van der Waals surface area contributed by atoms with Gasteiger partial charge in [0.2, 0.25) is 0 Å². The van der Waals surface area contributed by atoms with Crippen molar-refractivity contribution in [1.82, 2.24) is 4.90 Å². The summed E-state index contributed by atoms with van der Waals surface area (Å²) in [6, 6.07) is 5.42. The molecule has 0 saturated carbocycles. The molecule has 0 radical (unpaired) electrons. The molecular weight excluding hydrogens is 261 g/mol. The largest absolute Gasteiger partial charge is 0.481 e. The van der Waals surface area contributed by atoms with Gasteiger partial charge in [0.25, 0.3) is 0 Å². The van der Waals surface area contributed by atoms with Crippen LogP contribution >= 0.6 is 23.2 Å². The van der Waals surface area contributed by atoms with E-state index < -0.39 is 5.97 Å². The van der Waals surface area contributed by atoms with Gasteiger partial charge in [-0.05, 0) is 43.8 Å². The molecule has 0 saturated heterocycles. The summed E-state index contributed by atoms with van der Waals surface area (Å²) in [7, 11) is 1.94. The summed E-state index contributed by atoms with van der Waals surface area (Å²) in [6.45, 7) is 1.44. The average Bonchev–Trinajstić information content (AvgIpc) is 2.14. The van der Waals surface area contributed by atoms with E-state index in [1.165, 1.54) is 0 Å². The molecule has 0 aromatic heterocycles. The zero-order chi connectivity index (χ0) is 12.8. The Kier molecular flexibility index (Phi) is 5.75. The van der Waals surface area contributed by atoms with E-state index in [4.69, 9.17) is 28.3 Å². The normalized spacial score (nSPS) is 10.8. The van der Waals surface area contributed by atoms with E-state index in [0.717, 1.165) is 12.1 Å². The number of nitrogens with zero attached hydrogens (tertiary/aromatic N) is 1. The highest BCUT2D eigenvalue weighted by Crippen LogP contribution is 2.19. The Balaban J connectivity index is 2.44. The third-order valence-electron chi connectivity index (χ3n) is 2.31. The Morgan fingerprint density at radius 3 is 2.41 bits per heavy atom. The Hall–Kier alpha value is -0.770. The van der Waals surface area contributed by atoms with Crippen molar-refractivity contribution in [3.63, 3.8) is 0 Å². The number of carboxylic acid groups (broad SMARTS) is 1. The van der Waals surface area contributed by atoms with Gasteiger partial charge in [-0.1, -0.05) is 23.2 Å². The van der Waals surface area contributed by atoms with E-state index in [1.54, 1.807) is 6.07 Å². The number of rotatable bonds is 6. The number of carbonyl (C=O) groups is 1. The minimum absolute atomic E-state index is 0.195. The molecule has 0 bridgehead atoms. The molecule has 3 nitrogen and oxygen atoms in total. The second kappa shape index (κ2) is 6.84. The van der Waals surface area contributed by atoms with Gasteiger partial charge < -0.3 is 10.0 Å². The monoisotopic (exact) mass is 275 g/mol. The summed E-state index contributed by atoms with van der Waals surface area (Å²) in [5, 5.41) is 9.77. The molecule has 0 amide bonds. The lowest BCUT2D eigenvalue weighted by Gasteiger charge is -2.16. The molecule has 0 unspecified atom stereocenters. The van der Waals surface area contributed by atoms with Gasteiger partial charge in [-0.3, -0.25) is 4.79 Å². The van der Waals surface area contributed by atoms with Crippen molar-refractivity contribution in [2.75, 3.05) is 13.6 Å². The summed E-state index contributed by atoms with van der Waals surface area (Å²) < 4.78 is 0. The summed E-state index contributed by atoms with van der Waals surface area (Å²) in [5.41, 5.74) is 1.03. The molecule has 0 spiro atoms. The van der Waals surface area contributed by atoms with Crippen molar-refractivity contribution in [1.29, 1.82) is 0 Å². The van der Waals surface area contributed by atoms with Crippen LogP contribution in [-0.4, -0.2) is 29.6 Å². The second-order valence-corrected chi connectivity index (χ2v) is 4.89. The molecule has 1 rings (SSSR count). The van der Waals surface area contributed by atoms with Gasteiger partial charge in [0.05, 0.1) is 0 Å². The first-order valence-electron chi connectivity index (χ1n) is 5.32. The first-order valence-corrected chi connectivity index (χ1v) is 6.08. The zero-order valence-corrected chi connectivity index (χ0v) is 11.1. The number of aliphatic carboxylic acids is 1. The summed E-state index contributed by atoms with van der Waals surface area (Å²) in [5.74, 6) is -0.760. The van der Waals surface area contributed by atoms with Crippen molar-refractivity contribution < 1.29 is 9.90 Å². The van der Waals surface area contributed by atoms with Crippen molar-refractivity contribution >= 4 is 29.2 Å². The van der Waals surface area contributed by atoms with E-state index in [9.17, 15) is 4.79 Å². The van der Waals surface area contributed by atoms with E-state index in [0.29, 0.717) is 23.0 Å². The Morgan fingerprint density at radius 2 is 1.88 bits per heavy atom. The lowest BCUT2D eigenvalue weighted by Crippen LogP contribution is -2.19. The minimum Gasteiger partial charge on any atom is -0.481 e. The number of hydrogen-bond acceptors (Lipinski definition) is 2. The van der Waals surface area contributed by atoms with Crippen LogP contribution in [0.4, 0.5) is 0 Å². The van der Waals surface area contributed by atoms with Gasteiger partial charge in [0.1, 0.15) is 0 Å². The summed E-state index contributed by atoms with van der Waals surface area (Å²) in [4.78, 5) is 12.4. The number of halogens is 2. The number of carboxylic acids is 1. The van der Waals surface area contributed by atoms with Crippen LogP contribution in [0.25, 0.3) is 0 Å². The SMILES string of the molecule is CN(CCCC(=O)O)Cc1cc(Cl)cc(Cl)c1. The van der Waals surface area contributed by atoms with Crippen molar-refractivity contribution in [3.05, 3.63) is 33.8 Å². The maximum absolute atomic E-state index is 10.4. The average molecular weight is 276 g/mol. The van der Waals surface area contributed by atoms with E-state index in [1.807, 2.05) is 24.1 Å². The summed E-state index contributed by atoms with van der Waals surface area (Å²) in [6.07, 6.45) is 0.834. The Bertz CT molecular complexity index is 376.